The first-order valence-corrected chi connectivity index (χ1v) is 8.74. The molecule has 0 unspecified atom stereocenters. The lowest BCUT2D eigenvalue weighted by Crippen LogP contribution is -2.29. The van der Waals surface area contributed by atoms with Crippen LogP contribution in [0, 0.1) is 13.8 Å². The Bertz CT molecular complexity index is 692. The molecule has 136 valence electrons. The summed E-state index contributed by atoms with van der Waals surface area (Å²) < 4.78 is 0. The molecule has 0 radical (unpaired) electrons. The Labute approximate surface area is 150 Å². The van der Waals surface area contributed by atoms with E-state index in [0.29, 0.717) is 18.5 Å². The van der Waals surface area contributed by atoms with Gasteiger partial charge in [0.05, 0.1) is 11.3 Å². The Morgan fingerprint density at radius 1 is 1.20 bits per heavy atom. The third kappa shape index (κ3) is 5.43. The molecule has 5 heteroatoms. The van der Waals surface area contributed by atoms with E-state index in [0.717, 1.165) is 29.8 Å². The van der Waals surface area contributed by atoms with Crippen molar-refractivity contribution >= 4 is 5.91 Å². The first-order valence-electron chi connectivity index (χ1n) is 8.74. The highest BCUT2D eigenvalue weighted by Gasteiger charge is 2.15. The highest BCUT2D eigenvalue weighted by Crippen LogP contribution is 2.15. The van der Waals surface area contributed by atoms with Gasteiger partial charge in [0.15, 0.2) is 0 Å². The van der Waals surface area contributed by atoms with Gasteiger partial charge in [-0.1, -0.05) is 12.1 Å². The minimum Gasteiger partial charge on any atom is -0.390 e. The summed E-state index contributed by atoms with van der Waals surface area (Å²) in [6, 6.07) is 7.67. The molecule has 0 aliphatic rings. The van der Waals surface area contributed by atoms with Crippen LogP contribution in [0.1, 0.15) is 53.1 Å². The molecule has 0 aliphatic heterocycles. The van der Waals surface area contributed by atoms with Gasteiger partial charge < -0.3 is 10.0 Å². The molecule has 1 aromatic carbocycles. The number of aliphatic hydroxyl groups is 1. The van der Waals surface area contributed by atoms with Crippen molar-refractivity contribution in [2.75, 3.05) is 13.6 Å². The van der Waals surface area contributed by atoms with E-state index < -0.39 is 5.60 Å². The third-order valence-corrected chi connectivity index (χ3v) is 4.55. The van der Waals surface area contributed by atoms with Gasteiger partial charge >= 0.3 is 0 Å². The molecule has 1 amide bonds. The maximum atomic E-state index is 12.6. The van der Waals surface area contributed by atoms with Gasteiger partial charge in [0.1, 0.15) is 0 Å². The second kappa shape index (κ2) is 7.83. The molecule has 2 aromatic rings. The monoisotopic (exact) mass is 343 g/mol. The summed E-state index contributed by atoms with van der Waals surface area (Å²) in [4.78, 5) is 14.3. The predicted octanol–water partition coefficient (Wildman–Crippen LogP) is 3.04. The fraction of sp³-hybridized carbons (Fsp3) is 0.500. The minimum absolute atomic E-state index is 0.0211. The van der Waals surface area contributed by atoms with Gasteiger partial charge in [0.25, 0.3) is 5.91 Å². The average Bonchev–Trinajstić information content (AvgIpc) is 2.88. The number of carbonyl (C=O) groups excluding carboxylic acids is 1. The molecule has 0 saturated heterocycles. The molecule has 0 atom stereocenters. The lowest BCUT2D eigenvalue weighted by atomic mass is 9.98. The Kier molecular flexibility index (Phi) is 6.01. The van der Waals surface area contributed by atoms with Crippen molar-refractivity contribution in [2.24, 2.45) is 0 Å². The largest absolute Gasteiger partial charge is 0.390 e. The Hall–Kier alpha value is -2.14. The number of aryl methyl sites for hydroxylation is 3. The van der Waals surface area contributed by atoms with Gasteiger partial charge in [-0.15, -0.1) is 0 Å². The van der Waals surface area contributed by atoms with Gasteiger partial charge in [-0.05, 0) is 70.2 Å². The summed E-state index contributed by atoms with van der Waals surface area (Å²) >= 11 is 0. The van der Waals surface area contributed by atoms with E-state index in [1.165, 1.54) is 5.56 Å². The molecule has 5 nitrogen and oxygen atoms in total. The molecule has 1 aromatic heterocycles. The number of rotatable bonds is 7. The zero-order valence-electron chi connectivity index (χ0n) is 15.9. The van der Waals surface area contributed by atoms with Crippen molar-refractivity contribution in [1.29, 1.82) is 0 Å². The van der Waals surface area contributed by atoms with Crippen molar-refractivity contribution in [3.8, 4) is 0 Å². The van der Waals surface area contributed by atoms with Crippen LogP contribution in [0.5, 0.6) is 0 Å². The molecule has 25 heavy (non-hydrogen) atoms. The molecule has 0 saturated carbocycles. The molecule has 0 bridgehead atoms. The van der Waals surface area contributed by atoms with E-state index in [2.05, 4.69) is 10.2 Å². The van der Waals surface area contributed by atoms with E-state index in [-0.39, 0.29) is 5.91 Å². The van der Waals surface area contributed by atoms with Crippen molar-refractivity contribution in [2.45, 2.75) is 52.6 Å². The number of aromatic amines is 1. The standard InChI is InChI=1S/C20H29N3O2/c1-14-18(15(2)22-21-14)11-13-23(5)19(24)17-8-6-16(7-9-17)10-12-20(3,4)25/h6-9,25H,10-13H2,1-5H3,(H,21,22). The highest BCUT2D eigenvalue weighted by molar-refractivity contribution is 5.94. The lowest BCUT2D eigenvalue weighted by Gasteiger charge is -2.18. The summed E-state index contributed by atoms with van der Waals surface area (Å²) in [7, 11) is 1.83. The Balaban J connectivity index is 1.93. The smallest absolute Gasteiger partial charge is 0.253 e. The first-order chi connectivity index (χ1) is 11.7. The molecule has 0 spiro atoms. The lowest BCUT2D eigenvalue weighted by molar-refractivity contribution is 0.0713. The van der Waals surface area contributed by atoms with E-state index in [1.54, 1.807) is 4.90 Å². The van der Waals surface area contributed by atoms with Crippen LogP contribution in [-0.4, -0.2) is 45.3 Å². The zero-order chi connectivity index (χ0) is 18.6. The van der Waals surface area contributed by atoms with Crippen LogP contribution < -0.4 is 0 Å². The summed E-state index contributed by atoms with van der Waals surface area (Å²) in [5.74, 6) is 0.0211. The maximum absolute atomic E-state index is 12.6. The van der Waals surface area contributed by atoms with Crippen molar-refractivity contribution in [1.82, 2.24) is 15.1 Å². The topological polar surface area (TPSA) is 69.2 Å². The van der Waals surface area contributed by atoms with Gasteiger partial charge in [-0.2, -0.15) is 5.10 Å². The van der Waals surface area contributed by atoms with Crippen LogP contribution in [0.2, 0.25) is 0 Å². The van der Waals surface area contributed by atoms with E-state index >= 15 is 0 Å². The summed E-state index contributed by atoms with van der Waals surface area (Å²) in [6.07, 6.45) is 2.29. The molecular weight excluding hydrogens is 314 g/mol. The quantitative estimate of drug-likeness (QED) is 0.812. The second-order valence-electron chi connectivity index (χ2n) is 7.40. The van der Waals surface area contributed by atoms with Gasteiger partial charge in [-0.25, -0.2) is 0 Å². The van der Waals surface area contributed by atoms with Crippen molar-refractivity contribution in [3.63, 3.8) is 0 Å². The molecule has 2 rings (SSSR count). The van der Waals surface area contributed by atoms with Crippen LogP contribution in [0.4, 0.5) is 0 Å². The number of hydrogen-bond acceptors (Lipinski definition) is 3. The summed E-state index contributed by atoms with van der Waals surface area (Å²) in [5.41, 5.74) is 4.39. The van der Waals surface area contributed by atoms with Crippen LogP contribution >= 0.6 is 0 Å². The number of benzene rings is 1. The normalized spacial score (nSPS) is 11.6. The number of nitrogens with one attached hydrogen (secondary N) is 1. The molecule has 2 N–H and O–H groups in total. The predicted molar refractivity (Wildman–Crippen MR) is 99.8 cm³/mol. The number of likely N-dealkylation sites (N-methyl/N-ethyl adjacent to an activating group) is 1. The van der Waals surface area contributed by atoms with Crippen molar-refractivity contribution < 1.29 is 9.90 Å². The van der Waals surface area contributed by atoms with E-state index in [9.17, 15) is 9.90 Å². The molecule has 0 fully saturated rings. The van der Waals surface area contributed by atoms with Crippen LogP contribution in [-0.2, 0) is 12.8 Å². The number of carbonyl (C=O) groups is 1. The summed E-state index contributed by atoms with van der Waals surface area (Å²) in [6.45, 7) is 8.25. The number of amides is 1. The van der Waals surface area contributed by atoms with E-state index in [1.807, 2.05) is 59.0 Å². The van der Waals surface area contributed by atoms with Crippen LogP contribution in [0.3, 0.4) is 0 Å². The molecule has 0 aliphatic carbocycles. The highest BCUT2D eigenvalue weighted by atomic mass is 16.3. The van der Waals surface area contributed by atoms with Crippen LogP contribution in [0.25, 0.3) is 0 Å². The van der Waals surface area contributed by atoms with E-state index in [4.69, 9.17) is 0 Å². The number of H-pyrrole nitrogens is 1. The van der Waals surface area contributed by atoms with Gasteiger partial charge in [-0.3, -0.25) is 9.89 Å². The van der Waals surface area contributed by atoms with Gasteiger partial charge in [0.2, 0.25) is 0 Å². The number of aromatic nitrogens is 2. The first kappa shape index (κ1) is 19.2. The fourth-order valence-electron chi connectivity index (χ4n) is 2.81. The average molecular weight is 343 g/mol. The number of hydrogen-bond donors (Lipinski definition) is 2. The minimum atomic E-state index is -0.669. The number of nitrogens with zero attached hydrogens (tertiary/aromatic N) is 2. The Morgan fingerprint density at radius 2 is 1.84 bits per heavy atom. The van der Waals surface area contributed by atoms with Crippen molar-refractivity contribution in [3.05, 3.63) is 52.3 Å². The fourth-order valence-corrected chi connectivity index (χ4v) is 2.81. The van der Waals surface area contributed by atoms with Crippen LogP contribution in [0.15, 0.2) is 24.3 Å². The van der Waals surface area contributed by atoms with Gasteiger partial charge in [0, 0.05) is 24.8 Å². The Morgan fingerprint density at radius 3 is 2.36 bits per heavy atom. The molecule has 1 heterocycles. The molecular formula is C20H29N3O2. The SMILES string of the molecule is Cc1n[nH]c(C)c1CCN(C)C(=O)c1ccc(CCC(C)(C)O)cc1. The summed E-state index contributed by atoms with van der Waals surface area (Å²) in [5, 5.41) is 17.0. The third-order valence-electron chi connectivity index (χ3n) is 4.55. The zero-order valence-corrected chi connectivity index (χ0v) is 15.9. The second-order valence-corrected chi connectivity index (χ2v) is 7.40. The maximum Gasteiger partial charge on any atom is 0.253 e.